The minimum Gasteiger partial charge on any atom is -0.465 e. The second-order valence-electron chi connectivity index (χ2n) is 7.50. The Morgan fingerprint density at radius 1 is 1.09 bits per heavy atom. The molecule has 0 aromatic heterocycles. The van der Waals surface area contributed by atoms with E-state index in [0.29, 0.717) is 38.0 Å². The summed E-state index contributed by atoms with van der Waals surface area (Å²) in [7, 11) is 1.34. The summed E-state index contributed by atoms with van der Waals surface area (Å²) in [5.41, 5.74) is 2.40. The summed E-state index contributed by atoms with van der Waals surface area (Å²) in [5, 5.41) is 11.8. The van der Waals surface area contributed by atoms with Crippen LogP contribution in [0, 0.1) is 0 Å². The molecule has 2 atom stereocenters. The van der Waals surface area contributed by atoms with Crippen molar-refractivity contribution in [3.63, 3.8) is 0 Å². The maximum Gasteiger partial charge on any atom is 0.337 e. The summed E-state index contributed by atoms with van der Waals surface area (Å²) in [6, 6.07) is 16.7. The first-order chi connectivity index (χ1) is 15.6. The van der Waals surface area contributed by atoms with Gasteiger partial charge in [0.05, 0.1) is 19.3 Å². The zero-order valence-corrected chi connectivity index (χ0v) is 18.2. The van der Waals surface area contributed by atoms with Gasteiger partial charge in [-0.2, -0.15) is 0 Å². The molecule has 0 radical (unpaired) electrons. The molecule has 0 fully saturated rings. The second kappa shape index (κ2) is 12.0. The first-order valence-corrected chi connectivity index (χ1v) is 10.7. The van der Waals surface area contributed by atoms with Gasteiger partial charge < -0.3 is 24.6 Å². The Morgan fingerprint density at radius 3 is 2.53 bits per heavy atom. The van der Waals surface area contributed by atoms with Crippen molar-refractivity contribution in [2.45, 2.75) is 38.0 Å². The molecule has 2 N–H and O–H groups in total. The Bertz CT molecular complexity index is 910. The van der Waals surface area contributed by atoms with Gasteiger partial charge in [0.2, 0.25) is 6.29 Å². The minimum atomic E-state index is -0.582. The van der Waals surface area contributed by atoms with Crippen LogP contribution in [0.3, 0.4) is 0 Å². The summed E-state index contributed by atoms with van der Waals surface area (Å²) in [6.07, 6.45) is 3.09. The third-order valence-electron chi connectivity index (χ3n) is 5.19. The summed E-state index contributed by atoms with van der Waals surface area (Å²) >= 11 is 0. The zero-order valence-electron chi connectivity index (χ0n) is 18.2. The number of aliphatic hydroxyl groups excluding tert-OH is 1. The standard InChI is InChI=1S/C25H29NO6/c1-30-25(29)20-11-9-19(10-12-20)21-15-22(32-23(16-21)31-14-6-5-13-27)24(28)26-17-18-7-3-2-4-8-18/h2-4,7-12,15,21,23,27H,5-6,13-14,16-17H2,1H3,(H,26,28). The van der Waals surface area contributed by atoms with E-state index < -0.39 is 12.3 Å². The Labute approximate surface area is 188 Å². The van der Waals surface area contributed by atoms with Gasteiger partial charge in [-0.1, -0.05) is 42.5 Å². The molecule has 2 aromatic carbocycles. The normalized spacial score (nSPS) is 17.8. The highest BCUT2D eigenvalue weighted by Gasteiger charge is 2.28. The summed E-state index contributed by atoms with van der Waals surface area (Å²) < 4.78 is 16.4. The van der Waals surface area contributed by atoms with Crippen molar-refractivity contribution in [2.24, 2.45) is 0 Å². The van der Waals surface area contributed by atoms with E-state index >= 15 is 0 Å². The molecule has 1 aliphatic heterocycles. The Balaban J connectivity index is 1.72. The fraction of sp³-hybridized carbons (Fsp3) is 0.360. The van der Waals surface area contributed by atoms with E-state index in [2.05, 4.69) is 5.32 Å². The molecule has 0 aliphatic carbocycles. The number of allylic oxidation sites excluding steroid dienone is 1. The average Bonchev–Trinajstić information content (AvgIpc) is 2.85. The highest BCUT2D eigenvalue weighted by Crippen LogP contribution is 2.32. The molecule has 1 aliphatic rings. The highest BCUT2D eigenvalue weighted by atomic mass is 16.7. The molecular weight excluding hydrogens is 410 g/mol. The van der Waals surface area contributed by atoms with Gasteiger partial charge in [0, 0.05) is 25.5 Å². The average molecular weight is 440 g/mol. The number of hydrogen-bond acceptors (Lipinski definition) is 6. The number of carbonyl (C=O) groups excluding carboxylic acids is 2. The Hall–Kier alpha value is -3.16. The van der Waals surface area contributed by atoms with Crippen LogP contribution in [-0.4, -0.2) is 43.6 Å². The molecular formula is C25H29NO6. The van der Waals surface area contributed by atoms with Gasteiger partial charge in [-0.25, -0.2) is 4.79 Å². The molecule has 170 valence electrons. The van der Waals surface area contributed by atoms with Crippen LogP contribution in [0.15, 0.2) is 66.4 Å². The van der Waals surface area contributed by atoms with E-state index in [-0.39, 0.29) is 24.2 Å². The van der Waals surface area contributed by atoms with Crippen molar-refractivity contribution in [1.82, 2.24) is 5.32 Å². The van der Waals surface area contributed by atoms with Crippen molar-refractivity contribution < 1.29 is 28.9 Å². The Morgan fingerprint density at radius 2 is 1.84 bits per heavy atom. The molecule has 32 heavy (non-hydrogen) atoms. The van der Waals surface area contributed by atoms with Gasteiger partial charge in [0.1, 0.15) is 0 Å². The number of methoxy groups -OCH3 is 1. The van der Waals surface area contributed by atoms with E-state index in [1.807, 2.05) is 42.5 Å². The first-order valence-electron chi connectivity index (χ1n) is 10.7. The number of amides is 1. The van der Waals surface area contributed by atoms with Crippen LogP contribution in [-0.2, 0) is 25.5 Å². The summed E-state index contributed by atoms with van der Waals surface area (Å²) in [4.78, 5) is 24.5. The molecule has 0 spiro atoms. The van der Waals surface area contributed by atoms with Crippen LogP contribution in [0.4, 0.5) is 0 Å². The van der Waals surface area contributed by atoms with Crippen LogP contribution in [0.5, 0.6) is 0 Å². The molecule has 7 heteroatoms. The van der Waals surface area contributed by atoms with Gasteiger partial charge in [-0.15, -0.1) is 0 Å². The van der Waals surface area contributed by atoms with Crippen LogP contribution in [0.2, 0.25) is 0 Å². The fourth-order valence-corrected chi connectivity index (χ4v) is 3.43. The van der Waals surface area contributed by atoms with E-state index in [1.165, 1.54) is 7.11 Å². The quantitative estimate of drug-likeness (QED) is 0.436. The van der Waals surface area contributed by atoms with Gasteiger partial charge in [0.25, 0.3) is 5.91 Å². The van der Waals surface area contributed by atoms with Crippen molar-refractivity contribution in [2.75, 3.05) is 20.3 Å². The lowest BCUT2D eigenvalue weighted by atomic mass is 9.92. The maximum absolute atomic E-state index is 12.8. The number of benzene rings is 2. The van der Waals surface area contributed by atoms with Gasteiger partial charge in [-0.05, 0) is 42.2 Å². The lowest BCUT2D eigenvalue weighted by Crippen LogP contribution is -2.32. The highest BCUT2D eigenvalue weighted by molar-refractivity contribution is 5.91. The van der Waals surface area contributed by atoms with E-state index in [0.717, 1.165) is 11.1 Å². The summed E-state index contributed by atoms with van der Waals surface area (Å²) in [6.45, 7) is 0.927. The van der Waals surface area contributed by atoms with Crippen molar-refractivity contribution in [3.05, 3.63) is 83.1 Å². The number of rotatable bonds is 10. The fourth-order valence-electron chi connectivity index (χ4n) is 3.43. The van der Waals surface area contributed by atoms with Gasteiger partial charge in [-0.3, -0.25) is 4.79 Å². The molecule has 1 heterocycles. The van der Waals surface area contributed by atoms with E-state index in [1.54, 1.807) is 18.2 Å². The molecule has 0 saturated carbocycles. The van der Waals surface area contributed by atoms with E-state index in [9.17, 15) is 9.59 Å². The molecule has 1 amide bonds. The number of esters is 1. The molecule has 2 aromatic rings. The van der Waals surface area contributed by atoms with Crippen molar-refractivity contribution in [3.8, 4) is 0 Å². The predicted molar refractivity (Wildman–Crippen MR) is 119 cm³/mol. The molecule has 0 saturated heterocycles. The minimum absolute atomic E-state index is 0.108. The smallest absolute Gasteiger partial charge is 0.337 e. The largest absolute Gasteiger partial charge is 0.465 e. The van der Waals surface area contributed by atoms with Crippen molar-refractivity contribution >= 4 is 11.9 Å². The van der Waals surface area contributed by atoms with Crippen LogP contribution < -0.4 is 5.32 Å². The second-order valence-corrected chi connectivity index (χ2v) is 7.50. The van der Waals surface area contributed by atoms with Gasteiger partial charge >= 0.3 is 5.97 Å². The van der Waals surface area contributed by atoms with Crippen molar-refractivity contribution in [1.29, 1.82) is 0 Å². The third-order valence-corrected chi connectivity index (χ3v) is 5.19. The van der Waals surface area contributed by atoms with Crippen LogP contribution in [0.25, 0.3) is 0 Å². The Kier molecular flexibility index (Phi) is 8.83. The number of carbonyl (C=O) groups is 2. The van der Waals surface area contributed by atoms with E-state index in [4.69, 9.17) is 19.3 Å². The zero-order chi connectivity index (χ0) is 22.8. The number of nitrogens with one attached hydrogen (secondary N) is 1. The lowest BCUT2D eigenvalue weighted by molar-refractivity contribution is -0.146. The van der Waals surface area contributed by atoms with Crippen LogP contribution >= 0.6 is 0 Å². The number of hydrogen-bond donors (Lipinski definition) is 2. The molecule has 2 unspecified atom stereocenters. The first kappa shape index (κ1) is 23.5. The number of aliphatic hydroxyl groups is 1. The maximum atomic E-state index is 12.8. The van der Waals surface area contributed by atoms with Gasteiger partial charge in [0.15, 0.2) is 5.76 Å². The molecule has 3 rings (SSSR count). The topological polar surface area (TPSA) is 94.1 Å². The number of ether oxygens (including phenoxy) is 3. The summed E-state index contributed by atoms with van der Waals surface area (Å²) in [5.74, 6) is -0.615. The van der Waals surface area contributed by atoms with Crippen LogP contribution in [0.1, 0.15) is 46.7 Å². The SMILES string of the molecule is COC(=O)c1ccc(C2C=C(C(=O)NCc3ccccc3)OC(OCCCCO)C2)cc1. The number of unbranched alkanes of at least 4 members (excludes halogenated alkanes) is 1. The third kappa shape index (κ3) is 6.67. The lowest BCUT2D eigenvalue weighted by Gasteiger charge is -2.29. The monoisotopic (exact) mass is 439 g/mol. The molecule has 7 nitrogen and oxygen atoms in total. The predicted octanol–water partition coefficient (Wildman–Crippen LogP) is 3.29. The molecule has 0 bridgehead atoms.